The molecule has 3 aromatic rings. The van der Waals surface area contributed by atoms with Gasteiger partial charge in [-0.2, -0.15) is 0 Å². The number of carbonyl (C=O) groups is 1. The average Bonchev–Trinajstić information content (AvgIpc) is 3.32. The number of oxazole rings is 1. The van der Waals surface area contributed by atoms with Crippen molar-refractivity contribution in [3.8, 4) is 11.1 Å². The lowest BCUT2D eigenvalue weighted by Crippen LogP contribution is -2.30. The molecule has 0 N–H and O–H groups in total. The van der Waals surface area contributed by atoms with E-state index in [1.807, 2.05) is 29.2 Å². The second-order valence-electron chi connectivity index (χ2n) is 6.95. The molecule has 1 atom stereocenters. The fourth-order valence-corrected chi connectivity index (χ4v) is 3.69. The van der Waals surface area contributed by atoms with Crippen LogP contribution in [0.2, 0.25) is 0 Å². The third-order valence-electron chi connectivity index (χ3n) is 5.11. The van der Waals surface area contributed by atoms with Crippen LogP contribution in [0.5, 0.6) is 0 Å². The van der Waals surface area contributed by atoms with Crippen LogP contribution >= 0.6 is 0 Å². The van der Waals surface area contributed by atoms with Gasteiger partial charge in [0.05, 0.1) is 0 Å². The molecule has 0 unspecified atom stereocenters. The van der Waals surface area contributed by atoms with Gasteiger partial charge in [-0.1, -0.05) is 49.7 Å². The minimum atomic E-state index is -0.0214. The van der Waals surface area contributed by atoms with Crippen LogP contribution in [0.25, 0.3) is 22.2 Å². The molecule has 1 fully saturated rings. The standard InChI is InChI=1S/C22H24N2O2/c1-2-3-11-21(25)24-14-7-10-19(24)22-23-18-15-17(12-13-20(18)26-22)16-8-5-4-6-9-16/h4-6,8-9,12-13,15,19H,2-3,7,10-11,14H2,1H3/t19-/m0/s1. The molecule has 0 saturated carbocycles. The van der Waals surface area contributed by atoms with Crippen molar-refractivity contribution in [2.75, 3.05) is 6.54 Å². The first kappa shape index (κ1) is 16.8. The van der Waals surface area contributed by atoms with E-state index in [0.717, 1.165) is 54.5 Å². The first-order chi connectivity index (χ1) is 12.8. The molecule has 0 bridgehead atoms. The summed E-state index contributed by atoms with van der Waals surface area (Å²) in [7, 11) is 0. The highest BCUT2D eigenvalue weighted by atomic mass is 16.3. The van der Waals surface area contributed by atoms with Crippen LogP contribution in [0.4, 0.5) is 0 Å². The zero-order valence-electron chi connectivity index (χ0n) is 15.1. The molecule has 2 aromatic carbocycles. The van der Waals surface area contributed by atoms with Gasteiger partial charge in [-0.15, -0.1) is 0 Å². The number of nitrogens with zero attached hydrogens (tertiary/aromatic N) is 2. The molecule has 134 valence electrons. The fraction of sp³-hybridized carbons (Fsp3) is 0.364. The summed E-state index contributed by atoms with van der Waals surface area (Å²) in [6.45, 7) is 2.92. The van der Waals surface area contributed by atoms with Crippen LogP contribution in [-0.2, 0) is 4.79 Å². The molecule has 0 spiro atoms. The number of benzene rings is 2. The van der Waals surface area contributed by atoms with Crippen molar-refractivity contribution in [1.82, 2.24) is 9.88 Å². The van der Waals surface area contributed by atoms with Gasteiger partial charge in [0.15, 0.2) is 5.58 Å². The highest BCUT2D eigenvalue weighted by Gasteiger charge is 2.33. The van der Waals surface area contributed by atoms with Crippen molar-refractivity contribution < 1.29 is 9.21 Å². The molecule has 1 aromatic heterocycles. The van der Waals surface area contributed by atoms with Crippen molar-refractivity contribution >= 4 is 17.0 Å². The van der Waals surface area contributed by atoms with Crippen molar-refractivity contribution in [2.45, 2.75) is 45.1 Å². The van der Waals surface area contributed by atoms with Gasteiger partial charge in [0.2, 0.25) is 11.8 Å². The first-order valence-electron chi connectivity index (χ1n) is 9.51. The van der Waals surface area contributed by atoms with Gasteiger partial charge in [0.25, 0.3) is 0 Å². The Morgan fingerprint density at radius 2 is 2.04 bits per heavy atom. The Kier molecular flexibility index (Phi) is 4.74. The lowest BCUT2D eigenvalue weighted by molar-refractivity contribution is -0.132. The number of likely N-dealkylation sites (tertiary alicyclic amines) is 1. The fourth-order valence-electron chi connectivity index (χ4n) is 3.69. The number of hydrogen-bond donors (Lipinski definition) is 0. The largest absolute Gasteiger partial charge is 0.438 e. The summed E-state index contributed by atoms with van der Waals surface area (Å²) in [6, 6.07) is 16.3. The van der Waals surface area contributed by atoms with E-state index >= 15 is 0 Å². The topological polar surface area (TPSA) is 46.3 Å². The lowest BCUT2D eigenvalue weighted by Gasteiger charge is -2.22. The number of carbonyl (C=O) groups excluding carboxylic acids is 1. The van der Waals surface area contributed by atoms with Crippen molar-refractivity contribution in [3.05, 3.63) is 54.4 Å². The first-order valence-corrected chi connectivity index (χ1v) is 9.51. The number of fused-ring (bicyclic) bond motifs is 1. The molecule has 2 heterocycles. The minimum Gasteiger partial charge on any atom is -0.438 e. The van der Waals surface area contributed by atoms with E-state index in [-0.39, 0.29) is 11.9 Å². The lowest BCUT2D eigenvalue weighted by atomic mass is 10.1. The van der Waals surface area contributed by atoms with E-state index in [2.05, 4.69) is 31.2 Å². The summed E-state index contributed by atoms with van der Waals surface area (Å²) in [4.78, 5) is 19.2. The highest BCUT2D eigenvalue weighted by Crippen LogP contribution is 2.34. The van der Waals surface area contributed by atoms with E-state index in [1.54, 1.807) is 0 Å². The maximum absolute atomic E-state index is 12.5. The molecular formula is C22H24N2O2. The van der Waals surface area contributed by atoms with Crippen LogP contribution in [0.3, 0.4) is 0 Å². The van der Waals surface area contributed by atoms with Crippen LogP contribution in [0.15, 0.2) is 52.9 Å². The van der Waals surface area contributed by atoms with Crippen LogP contribution in [0.1, 0.15) is 51.0 Å². The summed E-state index contributed by atoms with van der Waals surface area (Å²) in [5.41, 5.74) is 3.93. The van der Waals surface area contributed by atoms with Gasteiger partial charge >= 0.3 is 0 Å². The Morgan fingerprint density at radius 3 is 2.85 bits per heavy atom. The molecule has 1 saturated heterocycles. The number of unbranched alkanes of at least 4 members (excludes halogenated alkanes) is 1. The molecule has 4 rings (SSSR count). The normalized spacial score (nSPS) is 17.1. The Balaban J connectivity index is 1.62. The Labute approximate surface area is 153 Å². The molecule has 0 aliphatic carbocycles. The summed E-state index contributed by atoms with van der Waals surface area (Å²) >= 11 is 0. The molecule has 0 radical (unpaired) electrons. The van der Waals surface area contributed by atoms with E-state index in [0.29, 0.717) is 12.3 Å². The van der Waals surface area contributed by atoms with Gasteiger partial charge in [-0.3, -0.25) is 4.79 Å². The van der Waals surface area contributed by atoms with E-state index < -0.39 is 0 Å². The van der Waals surface area contributed by atoms with Gasteiger partial charge in [-0.25, -0.2) is 4.98 Å². The SMILES string of the molecule is CCCCC(=O)N1CCC[C@H]1c1nc2cc(-c3ccccc3)ccc2o1. The summed E-state index contributed by atoms with van der Waals surface area (Å²) < 4.78 is 6.02. The third-order valence-corrected chi connectivity index (χ3v) is 5.11. The Hall–Kier alpha value is -2.62. The maximum Gasteiger partial charge on any atom is 0.223 e. The summed E-state index contributed by atoms with van der Waals surface area (Å²) in [5, 5.41) is 0. The maximum atomic E-state index is 12.5. The van der Waals surface area contributed by atoms with Crippen LogP contribution in [-0.4, -0.2) is 22.3 Å². The second-order valence-corrected chi connectivity index (χ2v) is 6.95. The van der Waals surface area contributed by atoms with E-state index in [1.165, 1.54) is 0 Å². The van der Waals surface area contributed by atoms with Gasteiger partial charge in [-0.05, 0) is 42.5 Å². The second kappa shape index (κ2) is 7.32. The molecular weight excluding hydrogens is 324 g/mol. The summed E-state index contributed by atoms with van der Waals surface area (Å²) in [5.74, 6) is 0.897. The summed E-state index contributed by atoms with van der Waals surface area (Å²) in [6.07, 6.45) is 4.53. The number of aromatic nitrogens is 1. The Bertz CT molecular complexity index is 901. The smallest absolute Gasteiger partial charge is 0.223 e. The molecule has 4 nitrogen and oxygen atoms in total. The van der Waals surface area contributed by atoms with Crippen molar-refractivity contribution in [3.63, 3.8) is 0 Å². The zero-order chi connectivity index (χ0) is 17.9. The predicted octanol–water partition coefficient (Wildman–Crippen LogP) is 5.35. The van der Waals surface area contributed by atoms with Gasteiger partial charge in [0, 0.05) is 13.0 Å². The van der Waals surface area contributed by atoms with Crippen molar-refractivity contribution in [1.29, 1.82) is 0 Å². The number of amides is 1. The van der Waals surface area contributed by atoms with Gasteiger partial charge < -0.3 is 9.32 Å². The quantitative estimate of drug-likeness (QED) is 0.624. The van der Waals surface area contributed by atoms with Gasteiger partial charge in [0.1, 0.15) is 11.6 Å². The van der Waals surface area contributed by atoms with Crippen molar-refractivity contribution in [2.24, 2.45) is 0 Å². The molecule has 4 heteroatoms. The molecule has 26 heavy (non-hydrogen) atoms. The Morgan fingerprint density at radius 1 is 1.19 bits per heavy atom. The highest BCUT2D eigenvalue weighted by molar-refractivity contribution is 5.81. The third kappa shape index (κ3) is 3.24. The number of rotatable bonds is 5. The molecule has 1 amide bonds. The molecule has 1 aliphatic rings. The van der Waals surface area contributed by atoms with Crippen LogP contribution < -0.4 is 0 Å². The average molecular weight is 348 g/mol. The van der Waals surface area contributed by atoms with E-state index in [4.69, 9.17) is 9.40 Å². The van der Waals surface area contributed by atoms with E-state index in [9.17, 15) is 4.79 Å². The van der Waals surface area contributed by atoms with Crippen LogP contribution in [0, 0.1) is 0 Å². The number of hydrogen-bond acceptors (Lipinski definition) is 3. The predicted molar refractivity (Wildman–Crippen MR) is 103 cm³/mol. The minimum absolute atomic E-state index is 0.0214. The molecule has 1 aliphatic heterocycles. The zero-order valence-corrected chi connectivity index (χ0v) is 15.1. The monoisotopic (exact) mass is 348 g/mol.